The first-order valence-corrected chi connectivity index (χ1v) is 11.4. The predicted octanol–water partition coefficient (Wildman–Crippen LogP) is 3.12. The average molecular weight is 448 g/mol. The Morgan fingerprint density at radius 3 is 2.45 bits per heavy atom. The van der Waals surface area contributed by atoms with Gasteiger partial charge in [0.05, 0.1) is 20.0 Å². The van der Waals surface area contributed by atoms with Crippen molar-refractivity contribution in [3.63, 3.8) is 0 Å². The highest BCUT2D eigenvalue weighted by atomic mass is 32.2. The third-order valence-electron chi connectivity index (χ3n) is 5.05. The molecule has 9 heteroatoms. The van der Waals surface area contributed by atoms with Crippen LogP contribution in [-0.2, 0) is 19.6 Å². The van der Waals surface area contributed by atoms with Crippen molar-refractivity contribution in [2.45, 2.75) is 25.7 Å². The topological polar surface area (TPSA) is 99.2 Å². The van der Waals surface area contributed by atoms with E-state index in [9.17, 15) is 18.0 Å². The summed E-state index contributed by atoms with van der Waals surface area (Å²) in [7, 11) is -0.837. The Balaban J connectivity index is 1.75. The molecule has 0 radical (unpaired) electrons. The van der Waals surface area contributed by atoms with E-state index < -0.39 is 16.1 Å². The molecular weight excluding hydrogens is 422 g/mol. The van der Waals surface area contributed by atoms with Crippen LogP contribution in [0.3, 0.4) is 0 Å². The standard InChI is InChI=1S/C22H25NO7S/c1-4-11-31(26,27)30-18-8-6-17(7-9-18)23-14-16(13-21(23)24)15-5-10-19(22(25)29-3)20(12-15)28-2/h5-10,12,16H,4,11,13-14H2,1-3H3. The predicted molar refractivity (Wildman–Crippen MR) is 115 cm³/mol. The van der Waals surface area contributed by atoms with Crippen LogP contribution in [0, 0.1) is 0 Å². The Morgan fingerprint density at radius 1 is 1.13 bits per heavy atom. The first-order chi connectivity index (χ1) is 14.8. The maximum Gasteiger partial charge on any atom is 0.341 e. The molecule has 1 fully saturated rings. The van der Waals surface area contributed by atoms with Gasteiger partial charge in [0, 0.05) is 24.6 Å². The zero-order valence-corrected chi connectivity index (χ0v) is 18.5. The molecule has 3 rings (SSSR count). The second-order valence-electron chi connectivity index (χ2n) is 7.20. The fourth-order valence-corrected chi connectivity index (χ4v) is 4.53. The fourth-order valence-electron chi connectivity index (χ4n) is 3.54. The molecule has 1 aliphatic rings. The van der Waals surface area contributed by atoms with E-state index in [1.807, 2.05) is 0 Å². The van der Waals surface area contributed by atoms with E-state index in [2.05, 4.69) is 0 Å². The van der Waals surface area contributed by atoms with Gasteiger partial charge in [-0.25, -0.2) is 4.79 Å². The molecule has 0 N–H and O–H groups in total. The molecule has 2 aromatic carbocycles. The van der Waals surface area contributed by atoms with Crippen LogP contribution in [0.15, 0.2) is 42.5 Å². The molecular formula is C22H25NO7S. The van der Waals surface area contributed by atoms with Gasteiger partial charge in [0.25, 0.3) is 0 Å². The van der Waals surface area contributed by atoms with E-state index in [1.54, 1.807) is 42.2 Å². The molecule has 0 aliphatic carbocycles. The summed E-state index contributed by atoms with van der Waals surface area (Å²) in [5.74, 6) is -0.0641. The number of hydrogen-bond donors (Lipinski definition) is 0. The minimum Gasteiger partial charge on any atom is -0.496 e. The fraction of sp³-hybridized carbons (Fsp3) is 0.364. The normalized spacial score (nSPS) is 16.3. The minimum atomic E-state index is -3.62. The molecule has 8 nitrogen and oxygen atoms in total. The maximum absolute atomic E-state index is 12.6. The molecule has 1 atom stereocenters. The van der Waals surface area contributed by atoms with Gasteiger partial charge in [0.15, 0.2) is 0 Å². The molecule has 0 saturated carbocycles. The summed E-state index contributed by atoms with van der Waals surface area (Å²) in [6, 6.07) is 11.6. The van der Waals surface area contributed by atoms with Crippen molar-refractivity contribution in [1.29, 1.82) is 0 Å². The van der Waals surface area contributed by atoms with Crippen LogP contribution >= 0.6 is 0 Å². The number of amides is 1. The highest BCUT2D eigenvalue weighted by molar-refractivity contribution is 7.87. The molecule has 1 aliphatic heterocycles. The highest BCUT2D eigenvalue weighted by Gasteiger charge is 2.32. The van der Waals surface area contributed by atoms with E-state index >= 15 is 0 Å². The van der Waals surface area contributed by atoms with Gasteiger partial charge in [-0.05, 0) is 48.4 Å². The van der Waals surface area contributed by atoms with Gasteiger partial charge in [-0.1, -0.05) is 13.0 Å². The monoisotopic (exact) mass is 447 g/mol. The van der Waals surface area contributed by atoms with Crippen molar-refractivity contribution < 1.29 is 31.7 Å². The summed E-state index contributed by atoms with van der Waals surface area (Å²) < 4.78 is 38.7. The van der Waals surface area contributed by atoms with Gasteiger partial charge in [-0.2, -0.15) is 8.42 Å². The highest BCUT2D eigenvalue weighted by Crippen LogP contribution is 2.35. The van der Waals surface area contributed by atoms with Crippen LogP contribution in [0.4, 0.5) is 5.69 Å². The van der Waals surface area contributed by atoms with Crippen molar-refractivity contribution in [3.05, 3.63) is 53.6 Å². The van der Waals surface area contributed by atoms with Crippen LogP contribution in [0.2, 0.25) is 0 Å². The first-order valence-electron chi connectivity index (χ1n) is 9.86. The molecule has 2 aromatic rings. The SMILES string of the molecule is CCCS(=O)(=O)Oc1ccc(N2CC(c3ccc(C(=O)OC)c(OC)c3)CC2=O)cc1. The molecule has 0 spiro atoms. The summed E-state index contributed by atoms with van der Waals surface area (Å²) in [6.07, 6.45) is 0.777. The van der Waals surface area contributed by atoms with Crippen molar-refractivity contribution in [2.24, 2.45) is 0 Å². The Bertz CT molecular complexity index is 1060. The van der Waals surface area contributed by atoms with Crippen LogP contribution < -0.4 is 13.8 Å². The molecule has 0 bridgehead atoms. The lowest BCUT2D eigenvalue weighted by molar-refractivity contribution is -0.117. The van der Waals surface area contributed by atoms with Crippen LogP contribution in [-0.4, -0.2) is 46.8 Å². The van der Waals surface area contributed by atoms with Crippen molar-refractivity contribution in [2.75, 3.05) is 31.4 Å². The number of esters is 1. The van der Waals surface area contributed by atoms with Crippen LogP contribution in [0.1, 0.15) is 41.6 Å². The van der Waals surface area contributed by atoms with E-state index in [0.29, 0.717) is 36.4 Å². The third-order valence-corrected chi connectivity index (χ3v) is 6.41. The van der Waals surface area contributed by atoms with E-state index in [4.69, 9.17) is 13.7 Å². The third kappa shape index (κ3) is 5.16. The Kier molecular flexibility index (Phi) is 6.84. The Labute approximate surface area is 181 Å². The lowest BCUT2D eigenvalue weighted by atomic mass is 9.96. The molecule has 0 aromatic heterocycles. The largest absolute Gasteiger partial charge is 0.496 e. The number of ether oxygens (including phenoxy) is 2. The number of hydrogen-bond acceptors (Lipinski definition) is 7. The van der Waals surface area contributed by atoms with Gasteiger partial charge in [0.1, 0.15) is 17.1 Å². The van der Waals surface area contributed by atoms with Crippen LogP contribution in [0.5, 0.6) is 11.5 Å². The zero-order chi connectivity index (χ0) is 22.6. The number of nitrogens with zero attached hydrogens (tertiary/aromatic N) is 1. The average Bonchev–Trinajstić information content (AvgIpc) is 3.14. The lowest BCUT2D eigenvalue weighted by Crippen LogP contribution is -2.24. The summed E-state index contributed by atoms with van der Waals surface area (Å²) >= 11 is 0. The summed E-state index contributed by atoms with van der Waals surface area (Å²) in [6.45, 7) is 2.21. The number of anilines is 1. The summed E-state index contributed by atoms with van der Waals surface area (Å²) in [5.41, 5.74) is 1.86. The Hall–Kier alpha value is -3.07. The van der Waals surface area contributed by atoms with Gasteiger partial charge >= 0.3 is 16.1 Å². The quantitative estimate of drug-likeness (QED) is 0.453. The first kappa shape index (κ1) is 22.6. The molecule has 1 heterocycles. The molecule has 1 amide bonds. The summed E-state index contributed by atoms with van der Waals surface area (Å²) in [5, 5.41) is 0. The number of rotatable bonds is 8. The lowest BCUT2D eigenvalue weighted by Gasteiger charge is -2.18. The van der Waals surface area contributed by atoms with Gasteiger partial charge in [0.2, 0.25) is 5.91 Å². The van der Waals surface area contributed by atoms with Gasteiger partial charge in [-0.15, -0.1) is 0 Å². The minimum absolute atomic E-state index is 0.0479. The van der Waals surface area contributed by atoms with Crippen LogP contribution in [0.25, 0.3) is 0 Å². The maximum atomic E-state index is 12.6. The van der Waals surface area contributed by atoms with Gasteiger partial charge in [-0.3, -0.25) is 4.79 Å². The Morgan fingerprint density at radius 2 is 1.84 bits per heavy atom. The summed E-state index contributed by atoms with van der Waals surface area (Å²) in [4.78, 5) is 26.1. The second kappa shape index (κ2) is 9.38. The van der Waals surface area contributed by atoms with Crippen molar-refractivity contribution in [1.82, 2.24) is 0 Å². The zero-order valence-electron chi connectivity index (χ0n) is 17.7. The van der Waals surface area contributed by atoms with E-state index in [-0.39, 0.29) is 23.3 Å². The number of carbonyl (C=O) groups excluding carboxylic acids is 2. The van der Waals surface area contributed by atoms with Crippen molar-refractivity contribution >= 4 is 27.7 Å². The molecule has 1 saturated heterocycles. The number of benzene rings is 2. The van der Waals surface area contributed by atoms with Crippen molar-refractivity contribution in [3.8, 4) is 11.5 Å². The number of methoxy groups -OCH3 is 2. The molecule has 31 heavy (non-hydrogen) atoms. The molecule has 166 valence electrons. The molecule has 1 unspecified atom stereocenters. The number of carbonyl (C=O) groups is 2. The second-order valence-corrected chi connectivity index (χ2v) is 8.89. The van der Waals surface area contributed by atoms with Gasteiger partial charge < -0.3 is 18.6 Å². The smallest absolute Gasteiger partial charge is 0.341 e. The van der Waals surface area contributed by atoms with E-state index in [0.717, 1.165) is 5.56 Å². The van der Waals surface area contributed by atoms with E-state index in [1.165, 1.54) is 26.4 Å².